The first-order valence-corrected chi connectivity index (χ1v) is 5.57. The highest BCUT2D eigenvalue weighted by molar-refractivity contribution is 5.48. The van der Waals surface area contributed by atoms with Crippen molar-refractivity contribution in [1.82, 2.24) is 15.0 Å². The van der Waals surface area contributed by atoms with Gasteiger partial charge in [-0.25, -0.2) is 0 Å². The lowest BCUT2D eigenvalue weighted by Crippen LogP contribution is -2.16. The zero-order valence-corrected chi connectivity index (χ0v) is 10.6. The van der Waals surface area contributed by atoms with Gasteiger partial charge in [0.1, 0.15) is 5.75 Å². The second kappa shape index (κ2) is 4.20. The van der Waals surface area contributed by atoms with E-state index in [0.29, 0.717) is 0 Å². The van der Waals surface area contributed by atoms with Gasteiger partial charge >= 0.3 is 0 Å². The van der Waals surface area contributed by atoms with Crippen LogP contribution in [0.5, 0.6) is 5.75 Å². The van der Waals surface area contributed by atoms with Gasteiger partial charge in [-0.3, -0.25) is 0 Å². The van der Waals surface area contributed by atoms with E-state index in [9.17, 15) is 0 Å². The number of methoxy groups -OCH3 is 1. The molecule has 0 saturated heterocycles. The van der Waals surface area contributed by atoms with E-state index < -0.39 is 0 Å². The molecule has 1 aromatic heterocycles. The van der Waals surface area contributed by atoms with Gasteiger partial charge in [-0.2, -0.15) is 15.0 Å². The highest BCUT2D eigenvalue weighted by atomic mass is 16.5. The first kappa shape index (κ1) is 11.6. The molecule has 90 valence electrons. The van der Waals surface area contributed by atoms with Crippen LogP contribution in [0.4, 0.5) is 0 Å². The molecule has 0 aliphatic rings. The summed E-state index contributed by atoms with van der Waals surface area (Å²) in [5.74, 6) is 0.853. The number of hydrogen-bond donors (Lipinski definition) is 0. The standard InChI is InChI=1S/C13H17N3O/c1-13(2,3)11-9-10(17-4)5-6-12(11)16-14-7-8-15-16/h5-9H,1-4H3. The molecule has 0 bridgehead atoms. The molecule has 0 aliphatic heterocycles. The van der Waals surface area contributed by atoms with Crippen LogP contribution in [0.2, 0.25) is 0 Å². The summed E-state index contributed by atoms with van der Waals surface area (Å²) in [6, 6.07) is 5.95. The molecule has 0 unspecified atom stereocenters. The van der Waals surface area contributed by atoms with Crippen molar-refractivity contribution in [1.29, 1.82) is 0 Å². The highest BCUT2D eigenvalue weighted by Gasteiger charge is 2.20. The Morgan fingerprint density at radius 3 is 2.29 bits per heavy atom. The second-order valence-corrected chi connectivity index (χ2v) is 4.95. The maximum absolute atomic E-state index is 5.27. The largest absolute Gasteiger partial charge is 0.497 e. The molecule has 1 aromatic carbocycles. The molecule has 4 heteroatoms. The van der Waals surface area contributed by atoms with Crippen LogP contribution in [0.25, 0.3) is 5.69 Å². The maximum Gasteiger partial charge on any atom is 0.119 e. The number of nitrogens with zero attached hydrogens (tertiary/aromatic N) is 3. The predicted molar refractivity (Wildman–Crippen MR) is 66.6 cm³/mol. The summed E-state index contributed by atoms with van der Waals surface area (Å²) in [5.41, 5.74) is 2.16. The van der Waals surface area contributed by atoms with Gasteiger partial charge < -0.3 is 4.74 Å². The van der Waals surface area contributed by atoms with E-state index in [0.717, 1.165) is 17.0 Å². The van der Waals surface area contributed by atoms with Crippen LogP contribution < -0.4 is 4.74 Å². The molecule has 1 heterocycles. The Kier molecular flexibility index (Phi) is 2.88. The van der Waals surface area contributed by atoms with Crippen molar-refractivity contribution in [3.8, 4) is 11.4 Å². The summed E-state index contributed by atoms with van der Waals surface area (Å²) in [6.07, 6.45) is 3.35. The van der Waals surface area contributed by atoms with E-state index in [4.69, 9.17) is 4.74 Å². The topological polar surface area (TPSA) is 39.9 Å². The fraction of sp³-hybridized carbons (Fsp3) is 0.385. The zero-order valence-electron chi connectivity index (χ0n) is 10.6. The molecule has 0 spiro atoms. The summed E-state index contributed by atoms with van der Waals surface area (Å²) in [4.78, 5) is 1.64. The van der Waals surface area contributed by atoms with Gasteiger partial charge in [-0.15, -0.1) is 0 Å². The van der Waals surface area contributed by atoms with Crippen LogP contribution in [-0.4, -0.2) is 22.1 Å². The minimum Gasteiger partial charge on any atom is -0.497 e. The summed E-state index contributed by atoms with van der Waals surface area (Å²) < 4.78 is 5.27. The molecule has 0 atom stereocenters. The van der Waals surface area contributed by atoms with Crippen molar-refractivity contribution in [2.75, 3.05) is 7.11 Å². The number of ether oxygens (including phenoxy) is 1. The van der Waals surface area contributed by atoms with E-state index in [2.05, 4.69) is 31.0 Å². The molecule has 0 N–H and O–H groups in total. The molecule has 0 radical (unpaired) electrons. The van der Waals surface area contributed by atoms with Crippen molar-refractivity contribution in [2.45, 2.75) is 26.2 Å². The van der Waals surface area contributed by atoms with Gasteiger partial charge in [0.15, 0.2) is 0 Å². The van der Waals surface area contributed by atoms with E-state index in [1.807, 2.05) is 18.2 Å². The van der Waals surface area contributed by atoms with Gasteiger partial charge in [0, 0.05) is 0 Å². The highest BCUT2D eigenvalue weighted by Crippen LogP contribution is 2.30. The van der Waals surface area contributed by atoms with Crippen LogP contribution in [0, 0.1) is 0 Å². The maximum atomic E-state index is 5.27. The Bertz CT molecular complexity index is 498. The van der Waals surface area contributed by atoms with Crippen molar-refractivity contribution in [2.24, 2.45) is 0 Å². The van der Waals surface area contributed by atoms with Gasteiger partial charge in [0.05, 0.1) is 25.2 Å². The van der Waals surface area contributed by atoms with Crippen LogP contribution >= 0.6 is 0 Å². The Morgan fingerprint density at radius 2 is 1.76 bits per heavy atom. The SMILES string of the molecule is COc1ccc(-n2nccn2)c(C(C)(C)C)c1. The Hall–Kier alpha value is -1.84. The zero-order chi connectivity index (χ0) is 12.5. The molecule has 0 fully saturated rings. The molecule has 0 saturated carbocycles. The Labute approximate surface area is 101 Å². The fourth-order valence-corrected chi connectivity index (χ4v) is 1.76. The van der Waals surface area contributed by atoms with E-state index >= 15 is 0 Å². The average molecular weight is 231 g/mol. The van der Waals surface area contributed by atoms with Crippen molar-refractivity contribution >= 4 is 0 Å². The summed E-state index contributed by atoms with van der Waals surface area (Å²) in [5, 5.41) is 8.36. The molecular formula is C13H17N3O. The molecular weight excluding hydrogens is 214 g/mol. The third-order valence-electron chi connectivity index (χ3n) is 2.65. The third-order valence-corrected chi connectivity index (χ3v) is 2.65. The molecule has 17 heavy (non-hydrogen) atoms. The molecule has 0 aliphatic carbocycles. The smallest absolute Gasteiger partial charge is 0.119 e. The number of rotatable bonds is 2. The van der Waals surface area contributed by atoms with Crippen molar-refractivity contribution < 1.29 is 4.74 Å². The first-order chi connectivity index (χ1) is 8.02. The predicted octanol–water partition coefficient (Wildman–Crippen LogP) is 2.57. The van der Waals surface area contributed by atoms with Crippen molar-refractivity contribution in [3.05, 3.63) is 36.2 Å². The Morgan fingerprint density at radius 1 is 1.12 bits per heavy atom. The van der Waals surface area contributed by atoms with E-state index in [1.165, 1.54) is 0 Å². The van der Waals surface area contributed by atoms with Crippen LogP contribution in [0.3, 0.4) is 0 Å². The minimum atomic E-state index is 0.0114. The number of benzene rings is 1. The second-order valence-electron chi connectivity index (χ2n) is 4.95. The van der Waals surface area contributed by atoms with Gasteiger partial charge in [-0.1, -0.05) is 20.8 Å². The summed E-state index contributed by atoms with van der Waals surface area (Å²) in [6.45, 7) is 6.48. The van der Waals surface area contributed by atoms with Crippen molar-refractivity contribution in [3.63, 3.8) is 0 Å². The summed E-state index contributed by atoms with van der Waals surface area (Å²) in [7, 11) is 1.67. The number of hydrogen-bond acceptors (Lipinski definition) is 3. The van der Waals surface area contributed by atoms with Crippen LogP contribution in [0.1, 0.15) is 26.3 Å². The average Bonchev–Trinajstić information content (AvgIpc) is 2.80. The molecule has 0 amide bonds. The van der Waals surface area contributed by atoms with E-state index in [1.54, 1.807) is 24.3 Å². The third kappa shape index (κ3) is 2.30. The number of aromatic nitrogens is 3. The lowest BCUT2D eigenvalue weighted by molar-refractivity contribution is 0.412. The summed E-state index contributed by atoms with van der Waals surface area (Å²) >= 11 is 0. The lowest BCUT2D eigenvalue weighted by atomic mass is 9.85. The Balaban J connectivity index is 2.59. The monoisotopic (exact) mass is 231 g/mol. The molecule has 2 aromatic rings. The first-order valence-electron chi connectivity index (χ1n) is 5.57. The fourth-order valence-electron chi connectivity index (χ4n) is 1.76. The van der Waals surface area contributed by atoms with Gasteiger partial charge in [0.25, 0.3) is 0 Å². The minimum absolute atomic E-state index is 0.0114. The van der Waals surface area contributed by atoms with Gasteiger partial charge in [0.2, 0.25) is 0 Å². The quantitative estimate of drug-likeness (QED) is 0.797. The molecule has 2 rings (SSSR count). The lowest BCUT2D eigenvalue weighted by Gasteiger charge is -2.22. The van der Waals surface area contributed by atoms with Crippen LogP contribution in [-0.2, 0) is 5.41 Å². The van der Waals surface area contributed by atoms with Gasteiger partial charge in [-0.05, 0) is 29.2 Å². The van der Waals surface area contributed by atoms with E-state index in [-0.39, 0.29) is 5.41 Å². The molecule has 4 nitrogen and oxygen atoms in total. The van der Waals surface area contributed by atoms with Crippen LogP contribution in [0.15, 0.2) is 30.6 Å². The normalized spacial score (nSPS) is 11.5.